The number of nitrogens with zero attached hydrogens (tertiary/aromatic N) is 1. The minimum absolute atomic E-state index is 0.0148. The van der Waals surface area contributed by atoms with Crippen LogP contribution in [0.2, 0.25) is 0 Å². The molecule has 0 bridgehead atoms. The van der Waals surface area contributed by atoms with Gasteiger partial charge in [-0.1, -0.05) is 6.07 Å². The van der Waals surface area contributed by atoms with Crippen LogP contribution in [-0.4, -0.2) is 43.2 Å². The molecule has 0 fully saturated rings. The fraction of sp³-hybridized carbons (Fsp3) is 0.421. The van der Waals surface area contributed by atoms with Crippen molar-refractivity contribution in [2.24, 2.45) is 5.14 Å². The van der Waals surface area contributed by atoms with E-state index in [0.717, 1.165) is 18.2 Å². The van der Waals surface area contributed by atoms with Gasteiger partial charge in [0.15, 0.2) is 11.6 Å². The van der Waals surface area contributed by atoms with Gasteiger partial charge >= 0.3 is 6.36 Å². The van der Waals surface area contributed by atoms with Crippen molar-refractivity contribution < 1.29 is 36.7 Å². The maximum Gasteiger partial charge on any atom is 0.573 e. The van der Waals surface area contributed by atoms with Crippen LogP contribution < -0.4 is 9.88 Å². The molecule has 2 aromatic rings. The first-order chi connectivity index (χ1) is 14.2. The number of ether oxygens (including phenoxy) is 1. The van der Waals surface area contributed by atoms with Crippen LogP contribution in [0, 0.1) is 5.82 Å². The highest BCUT2D eigenvalue weighted by Crippen LogP contribution is 2.46. The number of aliphatic hydroxyl groups is 2. The fourth-order valence-electron chi connectivity index (χ4n) is 3.39. The molecular formula is C19H21BrF4N2O4S. The van der Waals surface area contributed by atoms with E-state index in [1.165, 1.54) is 20.0 Å². The van der Waals surface area contributed by atoms with Gasteiger partial charge in [-0.2, -0.15) is 0 Å². The summed E-state index contributed by atoms with van der Waals surface area (Å²) >= 11 is 3.31. The first kappa shape index (κ1) is 25.7. The zero-order chi connectivity index (χ0) is 23.6. The SMILES string of the molecule is CC(C)(C[C@@](c1ccc(OC(F)(F)F)c(F)c1)(c1ncccc1Br)C(O)CO)S(N)=O. The number of hydrogen-bond donors (Lipinski definition) is 3. The second-order valence-electron chi connectivity index (χ2n) is 7.43. The van der Waals surface area contributed by atoms with Crippen molar-refractivity contribution in [2.45, 2.75) is 42.9 Å². The molecule has 0 saturated carbocycles. The molecule has 0 aliphatic rings. The number of hydrogen-bond acceptors (Lipinski definition) is 5. The van der Waals surface area contributed by atoms with Crippen LogP contribution in [0.25, 0.3) is 0 Å². The average Bonchev–Trinajstić information content (AvgIpc) is 2.66. The third-order valence-corrected chi connectivity index (χ3v) is 6.72. The topological polar surface area (TPSA) is 106 Å². The number of aliphatic hydroxyl groups excluding tert-OH is 2. The summed E-state index contributed by atoms with van der Waals surface area (Å²) in [5.41, 5.74) is -1.55. The summed E-state index contributed by atoms with van der Waals surface area (Å²) in [6, 6.07) is 5.82. The highest BCUT2D eigenvalue weighted by molar-refractivity contribution is 9.10. The van der Waals surface area contributed by atoms with E-state index < -0.39 is 51.8 Å². The van der Waals surface area contributed by atoms with E-state index in [4.69, 9.17) is 5.14 Å². The number of halogens is 5. The Bertz CT molecular complexity index is 961. The summed E-state index contributed by atoms with van der Waals surface area (Å²) in [5, 5.41) is 26.3. The van der Waals surface area contributed by atoms with Gasteiger partial charge in [0, 0.05) is 10.7 Å². The first-order valence-corrected chi connectivity index (χ1v) is 10.9. The largest absolute Gasteiger partial charge is 0.573 e. The van der Waals surface area contributed by atoms with Crippen molar-refractivity contribution in [3.63, 3.8) is 0 Å². The Morgan fingerprint density at radius 1 is 1.29 bits per heavy atom. The summed E-state index contributed by atoms with van der Waals surface area (Å²) in [4.78, 5) is 4.26. The molecule has 172 valence electrons. The Labute approximate surface area is 187 Å². The van der Waals surface area contributed by atoms with Gasteiger partial charge in [0.1, 0.15) is 0 Å². The minimum atomic E-state index is -5.10. The number of alkyl halides is 3. The molecule has 0 spiro atoms. The van der Waals surface area contributed by atoms with Crippen LogP contribution in [0.5, 0.6) is 5.75 Å². The molecule has 4 N–H and O–H groups in total. The van der Waals surface area contributed by atoms with Gasteiger partial charge in [0.25, 0.3) is 0 Å². The third-order valence-electron chi connectivity index (χ3n) is 4.84. The molecule has 1 aromatic carbocycles. The normalized spacial score (nSPS) is 16.5. The van der Waals surface area contributed by atoms with Crippen molar-refractivity contribution in [2.75, 3.05) is 6.61 Å². The van der Waals surface area contributed by atoms with E-state index in [0.29, 0.717) is 4.47 Å². The maximum absolute atomic E-state index is 14.6. The van der Waals surface area contributed by atoms with Crippen LogP contribution in [-0.2, 0) is 16.4 Å². The Balaban J connectivity index is 2.82. The van der Waals surface area contributed by atoms with E-state index in [2.05, 4.69) is 25.7 Å². The molecule has 3 atom stereocenters. The van der Waals surface area contributed by atoms with Gasteiger partial charge in [0.2, 0.25) is 0 Å². The van der Waals surface area contributed by atoms with Crippen LogP contribution in [0.3, 0.4) is 0 Å². The molecule has 2 rings (SSSR count). The van der Waals surface area contributed by atoms with Crippen molar-refractivity contribution in [1.29, 1.82) is 0 Å². The predicted molar refractivity (Wildman–Crippen MR) is 110 cm³/mol. The lowest BCUT2D eigenvalue weighted by atomic mass is 9.67. The number of aromatic nitrogens is 1. The standard InChI is InChI=1S/C19H21BrF4N2O4S/c1-17(2,31(25)29)10-18(15(28)9-27,16-12(20)4-3-7-26-16)11-5-6-14(13(21)8-11)30-19(22,23)24/h3-8,15,27-28H,9-10,25H2,1-2H3/t15?,18-,31?/m0/s1. The zero-order valence-electron chi connectivity index (χ0n) is 16.5. The molecule has 2 unspecified atom stereocenters. The van der Waals surface area contributed by atoms with Gasteiger partial charge in [0.05, 0.1) is 39.6 Å². The molecule has 0 aliphatic heterocycles. The van der Waals surface area contributed by atoms with E-state index in [-0.39, 0.29) is 17.7 Å². The highest BCUT2D eigenvalue weighted by Gasteiger charge is 2.49. The van der Waals surface area contributed by atoms with E-state index >= 15 is 0 Å². The van der Waals surface area contributed by atoms with Gasteiger partial charge in [-0.15, -0.1) is 13.2 Å². The molecular weight excluding hydrogens is 508 g/mol. The van der Waals surface area contributed by atoms with E-state index in [9.17, 15) is 32.0 Å². The first-order valence-electron chi connectivity index (χ1n) is 8.86. The summed E-state index contributed by atoms with van der Waals surface area (Å²) < 4.78 is 67.3. The third kappa shape index (κ3) is 5.61. The van der Waals surface area contributed by atoms with Gasteiger partial charge in [-0.3, -0.25) is 10.1 Å². The molecule has 1 heterocycles. The van der Waals surface area contributed by atoms with Crippen molar-refractivity contribution >= 4 is 26.9 Å². The Kier molecular flexibility index (Phi) is 7.85. The lowest BCUT2D eigenvalue weighted by Gasteiger charge is -2.42. The van der Waals surface area contributed by atoms with Crippen LogP contribution in [0.15, 0.2) is 41.0 Å². The van der Waals surface area contributed by atoms with Gasteiger partial charge in [-0.05, 0) is 66.0 Å². The van der Waals surface area contributed by atoms with E-state index in [1.807, 2.05) is 0 Å². The number of benzene rings is 1. The van der Waals surface area contributed by atoms with Gasteiger partial charge in [-0.25, -0.2) is 8.60 Å². The predicted octanol–water partition coefficient (Wildman–Crippen LogP) is 3.31. The molecule has 1 aromatic heterocycles. The summed E-state index contributed by atoms with van der Waals surface area (Å²) in [6.07, 6.45) is -5.51. The van der Waals surface area contributed by atoms with Crippen molar-refractivity contribution in [3.05, 3.63) is 58.1 Å². The smallest absolute Gasteiger partial charge is 0.403 e. The lowest BCUT2D eigenvalue weighted by molar-refractivity contribution is -0.275. The fourth-order valence-corrected chi connectivity index (χ4v) is 4.37. The molecule has 0 radical (unpaired) electrons. The highest BCUT2D eigenvalue weighted by atomic mass is 79.9. The molecule has 12 heteroatoms. The molecule has 0 aliphatic carbocycles. The Hall–Kier alpha value is -1.60. The minimum Gasteiger partial charge on any atom is -0.403 e. The van der Waals surface area contributed by atoms with Crippen molar-refractivity contribution in [3.8, 4) is 5.75 Å². The average molecular weight is 529 g/mol. The Morgan fingerprint density at radius 2 is 1.94 bits per heavy atom. The molecule has 0 amide bonds. The van der Waals surface area contributed by atoms with E-state index in [1.54, 1.807) is 12.1 Å². The van der Waals surface area contributed by atoms with Gasteiger partial charge < -0.3 is 14.9 Å². The number of pyridine rings is 1. The second kappa shape index (κ2) is 9.49. The summed E-state index contributed by atoms with van der Waals surface area (Å²) in [6.45, 7) is 2.27. The maximum atomic E-state index is 14.6. The molecule has 31 heavy (non-hydrogen) atoms. The monoisotopic (exact) mass is 528 g/mol. The van der Waals surface area contributed by atoms with Crippen LogP contribution in [0.1, 0.15) is 31.5 Å². The lowest BCUT2D eigenvalue weighted by Crippen LogP contribution is -2.50. The second-order valence-corrected chi connectivity index (χ2v) is 9.98. The number of nitrogens with two attached hydrogens (primary N) is 1. The van der Waals surface area contributed by atoms with Crippen LogP contribution >= 0.6 is 15.9 Å². The summed E-state index contributed by atoms with van der Waals surface area (Å²) in [5.74, 6) is -2.41. The van der Waals surface area contributed by atoms with Crippen LogP contribution in [0.4, 0.5) is 17.6 Å². The molecule has 0 saturated heterocycles. The Morgan fingerprint density at radius 3 is 2.42 bits per heavy atom. The quantitative estimate of drug-likeness (QED) is 0.456. The molecule has 6 nitrogen and oxygen atoms in total. The summed E-state index contributed by atoms with van der Waals surface area (Å²) in [7, 11) is -1.92. The zero-order valence-corrected chi connectivity index (χ0v) is 18.9. The van der Waals surface area contributed by atoms with Crippen molar-refractivity contribution in [1.82, 2.24) is 4.98 Å². The number of rotatable bonds is 8.